The number of nitrogens with two attached hydrogens (primary N) is 1. The van der Waals surface area contributed by atoms with Gasteiger partial charge >= 0.3 is 0 Å². The monoisotopic (exact) mass is 384 g/mol. The zero-order chi connectivity index (χ0) is 19.6. The molecule has 2 aliphatic heterocycles. The smallest absolute Gasteiger partial charge is 0.113 e. The second kappa shape index (κ2) is 5.99. The Morgan fingerprint density at radius 2 is 1.68 bits per heavy atom. The normalized spacial score (nSPS) is 19.1. The molecule has 3 heteroatoms. The lowest BCUT2D eigenvalue weighted by Crippen LogP contribution is -2.59. The topological polar surface area (TPSA) is 29.3 Å². The minimum absolute atomic E-state index is 0.295. The Labute approximate surface area is 169 Å². The van der Waals surface area contributed by atoms with Gasteiger partial charge in [0.05, 0.1) is 0 Å². The first-order chi connectivity index (χ1) is 13.4. The molecule has 0 spiro atoms. The summed E-state index contributed by atoms with van der Waals surface area (Å²) in [6.45, 7) is 8.33. The van der Waals surface area contributed by atoms with Crippen LogP contribution in [0, 0.1) is 6.92 Å². The molecule has 1 atom stereocenters. The SMILES string of the molecule is Cc1ccccc1C1c2ccc(N)cc2[Si](C)(C)c2cc3c(cc21)CCN3C. The Morgan fingerprint density at radius 1 is 0.929 bits per heavy atom. The molecule has 0 aromatic heterocycles. The number of likely N-dealkylation sites (N-methyl/N-ethyl adjacent to an activating group) is 1. The molecule has 0 bridgehead atoms. The lowest BCUT2D eigenvalue weighted by molar-refractivity contribution is 0.950. The number of nitrogens with zero attached hydrogens (tertiary/aromatic N) is 1. The van der Waals surface area contributed by atoms with E-state index in [1.807, 2.05) is 0 Å². The molecule has 2 N–H and O–H groups in total. The molecule has 1 unspecified atom stereocenters. The van der Waals surface area contributed by atoms with Crippen molar-refractivity contribution in [3.8, 4) is 0 Å². The van der Waals surface area contributed by atoms with E-state index < -0.39 is 8.07 Å². The number of fused-ring (bicyclic) bond motifs is 3. The van der Waals surface area contributed by atoms with Gasteiger partial charge in [0, 0.05) is 30.9 Å². The number of nitrogen functional groups attached to an aromatic ring is 1. The van der Waals surface area contributed by atoms with Gasteiger partial charge in [-0.25, -0.2) is 0 Å². The van der Waals surface area contributed by atoms with Gasteiger partial charge in [-0.2, -0.15) is 0 Å². The Hall–Kier alpha value is -2.52. The average molecular weight is 385 g/mol. The summed E-state index contributed by atoms with van der Waals surface area (Å²) in [5.74, 6) is 0.295. The third kappa shape index (κ3) is 2.39. The van der Waals surface area contributed by atoms with Crippen molar-refractivity contribution < 1.29 is 0 Å². The molecule has 5 rings (SSSR count). The molecule has 3 aromatic carbocycles. The van der Waals surface area contributed by atoms with Crippen molar-refractivity contribution in [2.75, 3.05) is 24.2 Å². The summed E-state index contributed by atoms with van der Waals surface area (Å²) < 4.78 is 0. The molecule has 3 aromatic rings. The van der Waals surface area contributed by atoms with Crippen LogP contribution in [0.25, 0.3) is 0 Å². The number of benzene rings is 3. The van der Waals surface area contributed by atoms with Gasteiger partial charge in [-0.15, -0.1) is 0 Å². The number of anilines is 2. The highest BCUT2D eigenvalue weighted by Gasteiger charge is 2.41. The highest BCUT2D eigenvalue weighted by atomic mass is 28.3. The van der Waals surface area contributed by atoms with E-state index >= 15 is 0 Å². The third-order valence-corrected chi connectivity index (χ3v) is 10.5. The molecule has 0 saturated carbocycles. The van der Waals surface area contributed by atoms with E-state index in [9.17, 15) is 0 Å². The van der Waals surface area contributed by atoms with Crippen LogP contribution in [0.5, 0.6) is 0 Å². The van der Waals surface area contributed by atoms with Crippen LogP contribution in [0.3, 0.4) is 0 Å². The summed E-state index contributed by atoms with van der Waals surface area (Å²) >= 11 is 0. The van der Waals surface area contributed by atoms with Crippen LogP contribution in [-0.4, -0.2) is 21.7 Å². The van der Waals surface area contributed by atoms with Crippen LogP contribution in [0.4, 0.5) is 11.4 Å². The maximum atomic E-state index is 6.26. The summed E-state index contributed by atoms with van der Waals surface area (Å²) in [5, 5.41) is 3.07. The predicted octanol–water partition coefficient (Wildman–Crippen LogP) is 3.89. The molecule has 0 saturated heterocycles. The number of hydrogen-bond donors (Lipinski definition) is 1. The van der Waals surface area contributed by atoms with Crippen LogP contribution in [0.15, 0.2) is 54.6 Å². The van der Waals surface area contributed by atoms with Crippen molar-refractivity contribution in [3.63, 3.8) is 0 Å². The molecular formula is C25H28N2Si. The van der Waals surface area contributed by atoms with Crippen molar-refractivity contribution in [1.82, 2.24) is 0 Å². The summed E-state index contributed by atoms with van der Waals surface area (Å²) in [7, 11) is 0.388. The first-order valence-electron chi connectivity index (χ1n) is 10.2. The van der Waals surface area contributed by atoms with Gasteiger partial charge in [0.15, 0.2) is 0 Å². The fourth-order valence-corrected chi connectivity index (χ4v) is 8.52. The van der Waals surface area contributed by atoms with Crippen molar-refractivity contribution in [2.24, 2.45) is 0 Å². The zero-order valence-corrected chi connectivity index (χ0v) is 18.2. The van der Waals surface area contributed by atoms with Gasteiger partial charge in [0.2, 0.25) is 0 Å². The summed E-state index contributed by atoms with van der Waals surface area (Å²) in [4.78, 5) is 2.41. The van der Waals surface area contributed by atoms with Crippen molar-refractivity contribution in [1.29, 1.82) is 0 Å². The molecule has 2 aliphatic rings. The Kier molecular flexibility index (Phi) is 3.76. The van der Waals surface area contributed by atoms with E-state index in [1.54, 1.807) is 5.19 Å². The molecule has 0 aliphatic carbocycles. The summed E-state index contributed by atoms with van der Waals surface area (Å²) in [6, 6.07) is 20.5. The van der Waals surface area contributed by atoms with E-state index in [0.29, 0.717) is 5.92 Å². The van der Waals surface area contributed by atoms with Gasteiger partial charge < -0.3 is 10.6 Å². The van der Waals surface area contributed by atoms with Crippen LogP contribution >= 0.6 is 0 Å². The predicted molar refractivity (Wildman–Crippen MR) is 123 cm³/mol. The third-order valence-electron chi connectivity index (χ3n) is 6.92. The quantitative estimate of drug-likeness (QED) is 0.509. The Balaban J connectivity index is 1.86. The van der Waals surface area contributed by atoms with E-state index in [4.69, 9.17) is 5.73 Å². The van der Waals surface area contributed by atoms with Crippen LogP contribution < -0.4 is 21.0 Å². The van der Waals surface area contributed by atoms with Gasteiger partial charge in [-0.3, -0.25) is 0 Å². The lowest BCUT2D eigenvalue weighted by atomic mass is 9.81. The minimum Gasteiger partial charge on any atom is -0.399 e. The molecule has 142 valence electrons. The van der Waals surface area contributed by atoms with Gasteiger partial charge in [0.1, 0.15) is 8.07 Å². The largest absolute Gasteiger partial charge is 0.399 e. The van der Waals surface area contributed by atoms with Crippen LogP contribution in [0.2, 0.25) is 13.1 Å². The van der Waals surface area contributed by atoms with E-state index in [2.05, 4.69) is 86.6 Å². The maximum Gasteiger partial charge on any atom is 0.113 e. The van der Waals surface area contributed by atoms with Crippen molar-refractivity contribution in [3.05, 3.63) is 82.4 Å². The van der Waals surface area contributed by atoms with Crippen LogP contribution in [0.1, 0.15) is 33.7 Å². The van der Waals surface area contributed by atoms with Crippen molar-refractivity contribution in [2.45, 2.75) is 32.4 Å². The summed E-state index contributed by atoms with van der Waals surface area (Å²) in [5.41, 5.74) is 15.8. The fourth-order valence-electron chi connectivity index (χ4n) is 5.32. The molecule has 2 nitrogen and oxygen atoms in total. The van der Waals surface area contributed by atoms with Crippen molar-refractivity contribution >= 4 is 29.8 Å². The molecule has 2 heterocycles. The molecule has 0 amide bonds. The molecule has 0 radical (unpaired) electrons. The highest BCUT2D eigenvalue weighted by molar-refractivity contribution is 7.01. The number of aryl methyl sites for hydroxylation is 1. The highest BCUT2D eigenvalue weighted by Crippen LogP contribution is 2.40. The zero-order valence-electron chi connectivity index (χ0n) is 17.2. The molecular weight excluding hydrogens is 356 g/mol. The second-order valence-electron chi connectivity index (χ2n) is 9.00. The number of rotatable bonds is 1. The minimum atomic E-state index is -1.83. The average Bonchev–Trinajstić information content (AvgIpc) is 3.03. The first kappa shape index (κ1) is 17.6. The van der Waals surface area contributed by atoms with Gasteiger partial charge in [-0.1, -0.05) is 49.5 Å². The standard InChI is InChI=1S/C25H28N2Si/c1-16-7-5-6-8-19(16)25-20-10-9-18(26)14-23(20)28(3,4)24-15-22-17(13-21(24)25)11-12-27(22)2/h5-10,13-15,25H,11-12,26H2,1-4H3. The Morgan fingerprint density at radius 3 is 2.46 bits per heavy atom. The fraction of sp³-hybridized carbons (Fsp3) is 0.280. The molecule has 28 heavy (non-hydrogen) atoms. The lowest BCUT2D eigenvalue weighted by Gasteiger charge is -2.40. The number of hydrogen-bond acceptors (Lipinski definition) is 2. The second-order valence-corrected chi connectivity index (χ2v) is 13.3. The molecule has 0 fully saturated rings. The van der Waals surface area contributed by atoms with Gasteiger partial charge in [-0.05, 0) is 69.7 Å². The van der Waals surface area contributed by atoms with E-state index in [-0.39, 0.29) is 0 Å². The van der Waals surface area contributed by atoms with Crippen LogP contribution in [-0.2, 0) is 6.42 Å². The first-order valence-corrected chi connectivity index (χ1v) is 13.2. The maximum absolute atomic E-state index is 6.26. The van der Waals surface area contributed by atoms with E-state index in [0.717, 1.165) is 18.7 Å². The Bertz CT molecular complexity index is 1100. The van der Waals surface area contributed by atoms with Gasteiger partial charge in [0.25, 0.3) is 0 Å². The summed E-state index contributed by atoms with van der Waals surface area (Å²) in [6.07, 6.45) is 1.15. The van der Waals surface area contributed by atoms with E-state index in [1.165, 1.54) is 38.7 Å².